The van der Waals surface area contributed by atoms with Gasteiger partial charge in [-0.25, -0.2) is 0 Å². The highest BCUT2D eigenvalue weighted by Crippen LogP contribution is 2.07. The van der Waals surface area contributed by atoms with Crippen LogP contribution in [0, 0.1) is 0 Å². The standard InChI is InChI=1S/C16H32N2O4/c1-10(2)17-14(6)16(20)22-12(4)9-8-11(3)18-13(5)15(19)21-7/h10-14,17-18H,8-9H2,1-7H3. The molecule has 0 radical (unpaired) electrons. The molecule has 0 spiro atoms. The van der Waals surface area contributed by atoms with Crippen LogP contribution in [0.25, 0.3) is 0 Å². The van der Waals surface area contributed by atoms with E-state index in [1.165, 1.54) is 7.11 Å². The van der Waals surface area contributed by atoms with E-state index in [0.717, 1.165) is 12.8 Å². The lowest BCUT2D eigenvalue weighted by molar-refractivity contribution is -0.150. The second kappa shape index (κ2) is 10.6. The minimum absolute atomic E-state index is 0.140. The zero-order valence-electron chi connectivity index (χ0n) is 14.9. The Kier molecular flexibility index (Phi) is 10.0. The largest absolute Gasteiger partial charge is 0.468 e. The molecular formula is C16H32N2O4. The van der Waals surface area contributed by atoms with Crippen molar-refractivity contribution < 1.29 is 19.1 Å². The Hall–Kier alpha value is -1.14. The van der Waals surface area contributed by atoms with Crippen molar-refractivity contribution >= 4 is 11.9 Å². The molecule has 0 heterocycles. The second-order valence-corrected chi connectivity index (χ2v) is 6.18. The third-order valence-corrected chi connectivity index (χ3v) is 3.35. The maximum Gasteiger partial charge on any atom is 0.323 e. The molecule has 130 valence electrons. The molecule has 0 saturated heterocycles. The third kappa shape index (κ3) is 9.00. The number of ether oxygens (including phenoxy) is 2. The van der Waals surface area contributed by atoms with Gasteiger partial charge in [0.2, 0.25) is 0 Å². The fourth-order valence-electron chi connectivity index (χ4n) is 2.17. The van der Waals surface area contributed by atoms with Gasteiger partial charge in [0.25, 0.3) is 0 Å². The van der Waals surface area contributed by atoms with Gasteiger partial charge in [0.05, 0.1) is 13.2 Å². The van der Waals surface area contributed by atoms with Crippen LogP contribution in [0.5, 0.6) is 0 Å². The minimum atomic E-state index is -0.340. The van der Waals surface area contributed by atoms with Crippen LogP contribution in [0.3, 0.4) is 0 Å². The van der Waals surface area contributed by atoms with Crippen molar-refractivity contribution in [1.29, 1.82) is 0 Å². The second-order valence-electron chi connectivity index (χ2n) is 6.18. The lowest BCUT2D eigenvalue weighted by Crippen LogP contribution is -2.42. The van der Waals surface area contributed by atoms with Crippen molar-refractivity contribution in [2.24, 2.45) is 0 Å². The summed E-state index contributed by atoms with van der Waals surface area (Å²) < 4.78 is 10.1. The Morgan fingerprint density at radius 1 is 0.864 bits per heavy atom. The molecule has 0 bridgehead atoms. The summed E-state index contributed by atoms with van der Waals surface area (Å²) in [5, 5.41) is 6.28. The Bertz CT molecular complexity index is 347. The van der Waals surface area contributed by atoms with Crippen LogP contribution in [0.2, 0.25) is 0 Å². The maximum absolute atomic E-state index is 11.9. The van der Waals surface area contributed by atoms with E-state index in [1.54, 1.807) is 13.8 Å². The number of methoxy groups -OCH3 is 1. The molecule has 4 atom stereocenters. The summed E-state index contributed by atoms with van der Waals surface area (Å²) >= 11 is 0. The molecule has 0 amide bonds. The lowest BCUT2D eigenvalue weighted by Gasteiger charge is -2.22. The molecule has 0 saturated carbocycles. The van der Waals surface area contributed by atoms with Gasteiger partial charge in [-0.3, -0.25) is 9.59 Å². The number of esters is 2. The SMILES string of the molecule is COC(=O)C(C)NC(C)CCC(C)OC(=O)C(C)NC(C)C. The molecule has 0 rings (SSSR count). The first-order valence-electron chi connectivity index (χ1n) is 7.97. The van der Waals surface area contributed by atoms with Crippen LogP contribution in [0.1, 0.15) is 54.4 Å². The number of carbonyl (C=O) groups excluding carboxylic acids is 2. The van der Waals surface area contributed by atoms with Gasteiger partial charge >= 0.3 is 11.9 Å². The number of rotatable bonds is 10. The van der Waals surface area contributed by atoms with E-state index in [2.05, 4.69) is 15.4 Å². The van der Waals surface area contributed by atoms with Gasteiger partial charge in [-0.2, -0.15) is 0 Å². The van der Waals surface area contributed by atoms with Gasteiger partial charge in [-0.05, 0) is 40.5 Å². The normalized spacial score (nSPS) is 16.7. The monoisotopic (exact) mass is 316 g/mol. The van der Waals surface area contributed by atoms with Crippen LogP contribution >= 0.6 is 0 Å². The molecule has 0 aromatic carbocycles. The van der Waals surface area contributed by atoms with E-state index in [1.807, 2.05) is 27.7 Å². The van der Waals surface area contributed by atoms with Gasteiger partial charge in [0, 0.05) is 12.1 Å². The van der Waals surface area contributed by atoms with Gasteiger partial charge in [-0.1, -0.05) is 13.8 Å². The molecular weight excluding hydrogens is 284 g/mol. The molecule has 4 unspecified atom stereocenters. The first-order chi connectivity index (χ1) is 10.2. The van der Waals surface area contributed by atoms with Crippen molar-refractivity contribution in [3.63, 3.8) is 0 Å². The topological polar surface area (TPSA) is 76.7 Å². The van der Waals surface area contributed by atoms with E-state index >= 15 is 0 Å². The third-order valence-electron chi connectivity index (χ3n) is 3.35. The Balaban J connectivity index is 4.04. The Morgan fingerprint density at radius 2 is 1.41 bits per heavy atom. The summed E-state index contributed by atoms with van der Waals surface area (Å²) in [5.74, 6) is -0.510. The number of carbonyl (C=O) groups is 2. The van der Waals surface area contributed by atoms with Crippen LogP contribution in [-0.4, -0.2) is 49.3 Å². The summed E-state index contributed by atoms with van der Waals surface area (Å²) in [6, 6.07) is -0.270. The first-order valence-corrected chi connectivity index (χ1v) is 7.97. The van der Waals surface area contributed by atoms with E-state index in [9.17, 15) is 9.59 Å². The number of hydrogen-bond acceptors (Lipinski definition) is 6. The van der Waals surface area contributed by atoms with E-state index in [0.29, 0.717) is 0 Å². The smallest absolute Gasteiger partial charge is 0.323 e. The van der Waals surface area contributed by atoms with Crippen LogP contribution in [0.4, 0.5) is 0 Å². The van der Waals surface area contributed by atoms with E-state index < -0.39 is 0 Å². The molecule has 22 heavy (non-hydrogen) atoms. The van der Waals surface area contributed by atoms with E-state index in [-0.39, 0.29) is 42.2 Å². The minimum Gasteiger partial charge on any atom is -0.468 e. The summed E-state index contributed by atoms with van der Waals surface area (Å²) in [6.07, 6.45) is 1.39. The Labute approximate surface area is 134 Å². The summed E-state index contributed by atoms with van der Waals surface area (Å²) in [5.41, 5.74) is 0. The highest BCUT2D eigenvalue weighted by atomic mass is 16.5. The van der Waals surface area contributed by atoms with Crippen LogP contribution < -0.4 is 10.6 Å². The fourth-order valence-corrected chi connectivity index (χ4v) is 2.17. The average Bonchev–Trinajstić information content (AvgIpc) is 2.43. The highest BCUT2D eigenvalue weighted by Gasteiger charge is 2.19. The molecule has 0 aliphatic heterocycles. The van der Waals surface area contributed by atoms with Crippen molar-refractivity contribution in [3.05, 3.63) is 0 Å². The van der Waals surface area contributed by atoms with Crippen LogP contribution in [0.15, 0.2) is 0 Å². The predicted molar refractivity (Wildman–Crippen MR) is 86.6 cm³/mol. The fraction of sp³-hybridized carbons (Fsp3) is 0.875. The van der Waals surface area contributed by atoms with Crippen molar-refractivity contribution in [2.45, 2.75) is 84.7 Å². The molecule has 0 aliphatic rings. The number of hydrogen-bond donors (Lipinski definition) is 2. The molecule has 0 aromatic heterocycles. The molecule has 6 heteroatoms. The molecule has 0 aromatic rings. The van der Waals surface area contributed by atoms with Crippen molar-refractivity contribution in [3.8, 4) is 0 Å². The lowest BCUT2D eigenvalue weighted by atomic mass is 10.1. The van der Waals surface area contributed by atoms with Crippen LogP contribution in [-0.2, 0) is 19.1 Å². The van der Waals surface area contributed by atoms with E-state index in [4.69, 9.17) is 4.74 Å². The van der Waals surface area contributed by atoms with Gasteiger partial charge in [0.15, 0.2) is 0 Å². The molecule has 0 fully saturated rings. The van der Waals surface area contributed by atoms with Gasteiger partial charge < -0.3 is 20.1 Å². The summed E-state index contributed by atoms with van der Waals surface area (Å²) in [7, 11) is 1.37. The molecule has 6 nitrogen and oxygen atoms in total. The Morgan fingerprint density at radius 3 is 1.91 bits per heavy atom. The number of nitrogens with one attached hydrogen (secondary N) is 2. The summed E-state index contributed by atoms with van der Waals surface area (Å²) in [4.78, 5) is 23.2. The zero-order valence-corrected chi connectivity index (χ0v) is 14.9. The average molecular weight is 316 g/mol. The highest BCUT2D eigenvalue weighted by molar-refractivity contribution is 5.75. The first kappa shape index (κ1) is 20.9. The van der Waals surface area contributed by atoms with Crippen molar-refractivity contribution in [1.82, 2.24) is 10.6 Å². The zero-order chi connectivity index (χ0) is 17.3. The molecule has 0 aliphatic carbocycles. The summed E-state index contributed by atoms with van der Waals surface area (Å²) in [6.45, 7) is 11.4. The van der Waals surface area contributed by atoms with Gasteiger partial charge in [-0.15, -0.1) is 0 Å². The predicted octanol–water partition coefficient (Wildman–Crippen LogP) is 1.62. The molecule has 2 N–H and O–H groups in total. The maximum atomic E-state index is 11.9. The van der Waals surface area contributed by atoms with Gasteiger partial charge in [0.1, 0.15) is 12.1 Å². The quantitative estimate of drug-likeness (QED) is 0.597. The van der Waals surface area contributed by atoms with Crippen molar-refractivity contribution in [2.75, 3.05) is 7.11 Å².